The van der Waals surface area contributed by atoms with Gasteiger partial charge in [0.25, 0.3) is 5.91 Å². The summed E-state index contributed by atoms with van der Waals surface area (Å²) in [7, 11) is 0. The summed E-state index contributed by atoms with van der Waals surface area (Å²) >= 11 is 6.38. The molecule has 0 aliphatic carbocycles. The van der Waals surface area contributed by atoms with Crippen molar-refractivity contribution in [2.75, 3.05) is 18.4 Å². The molecule has 5 nitrogen and oxygen atoms in total. The molecular formula is C20H25ClN4O. The third-order valence-corrected chi connectivity index (χ3v) is 4.98. The van der Waals surface area contributed by atoms with Gasteiger partial charge in [0, 0.05) is 19.2 Å². The standard InChI is InChI=1S/C20H25ClN4O/c1-12-6-5-7-25(11-12)20(26)17-10-18(23-15(4)22-17)24-19-14(3)8-13(2)9-16(19)21/h8-10,12H,5-7,11H2,1-4H3,(H,22,23,24). The zero-order valence-electron chi connectivity index (χ0n) is 15.8. The lowest BCUT2D eigenvalue weighted by atomic mass is 10.00. The largest absolute Gasteiger partial charge is 0.339 e. The lowest BCUT2D eigenvalue weighted by Crippen LogP contribution is -2.39. The molecule has 1 fully saturated rings. The van der Waals surface area contributed by atoms with Crippen LogP contribution < -0.4 is 5.32 Å². The third-order valence-electron chi connectivity index (χ3n) is 4.69. The van der Waals surface area contributed by atoms with Crippen LogP contribution in [0.15, 0.2) is 18.2 Å². The fraction of sp³-hybridized carbons (Fsp3) is 0.450. The number of nitrogens with zero attached hydrogens (tertiary/aromatic N) is 3. The number of piperidine rings is 1. The van der Waals surface area contributed by atoms with Crippen LogP contribution in [0.3, 0.4) is 0 Å². The second kappa shape index (κ2) is 7.62. The fourth-order valence-electron chi connectivity index (χ4n) is 3.48. The molecule has 6 heteroatoms. The van der Waals surface area contributed by atoms with Crippen LogP contribution in [0.1, 0.15) is 47.2 Å². The maximum Gasteiger partial charge on any atom is 0.272 e. The van der Waals surface area contributed by atoms with Crippen molar-refractivity contribution < 1.29 is 4.79 Å². The number of aryl methyl sites for hydroxylation is 3. The maximum atomic E-state index is 12.9. The molecule has 0 bridgehead atoms. The Bertz CT molecular complexity index is 814. The molecule has 1 amide bonds. The average molecular weight is 373 g/mol. The van der Waals surface area contributed by atoms with Crippen molar-refractivity contribution in [1.82, 2.24) is 14.9 Å². The third kappa shape index (κ3) is 4.15. The molecule has 2 aromatic rings. The van der Waals surface area contributed by atoms with Crippen molar-refractivity contribution >= 4 is 29.0 Å². The molecule has 26 heavy (non-hydrogen) atoms. The van der Waals surface area contributed by atoms with Gasteiger partial charge in [-0.3, -0.25) is 4.79 Å². The van der Waals surface area contributed by atoms with Gasteiger partial charge in [0.05, 0.1) is 10.7 Å². The van der Waals surface area contributed by atoms with Crippen molar-refractivity contribution in [1.29, 1.82) is 0 Å². The predicted octanol–water partition coefficient (Wildman–Crippen LogP) is 4.67. The molecule has 0 saturated carbocycles. The predicted molar refractivity (Wildman–Crippen MR) is 105 cm³/mol. The summed E-state index contributed by atoms with van der Waals surface area (Å²) in [6, 6.07) is 5.68. The van der Waals surface area contributed by atoms with E-state index < -0.39 is 0 Å². The maximum absolute atomic E-state index is 12.9. The first-order valence-corrected chi connectivity index (χ1v) is 9.40. The Morgan fingerprint density at radius 3 is 2.69 bits per heavy atom. The van der Waals surface area contributed by atoms with Crippen molar-refractivity contribution in [3.8, 4) is 0 Å². The molecule has 1 saturated heterocycles. The van der Waals surface area contributed by atoms with Gasteiger partial charge in [-0.25, -0.2) is 9.97 Å². The van der Waals surface area contributed by atoms with Gasteiger partial charge in [-0.1, -0.05) is 24.6 Å². The highest BCUT2D eigenvalue weighted by atomic mass is 35.5. The number of anilines is 2. The van der Waals surface area contributed by atoms with Gasteiger partial charge in [-0.15, -0.1) is 0 Å². The molecule has 1 atom stereocenters. The molecule has 1 aliphatic heterocycles. The van der Waals surface area contributed by atoms with E-state index in [1.165, 1.54) is 6.42 Å². The van der Waals surface area contributed by atoms with Crippen molar-refractivity contribution in [3.63, 3.8) is 0 Å². The molecular weight excluding hydrogens is 348 g/mol. The highest BCUT2D eigenvalue weighted by Crippen LogP contribution is 2.30. The van der Waals surface area contributed by atoms with E-state index in [1.807, 2.05) is 24.8 Å². The number of rotatable bonds is 3. The van der Waals surface area contributed by atoms with E-state index in [1.54, 1.807) is 13.0 Å². The van der Waals surface area contributed by atoms with E-state index in [0.29, 0.717) is 28.3 Å². The molecule has 1 aromatic carbocycles. The quantitative estimate of drug-likeness (QED) is 0.850. The topological polar surface area (TPSA) is 58.1 Å². The molecule has 0 radical (unpaired) electrons. The van der Waals surface area contributed by atoms with Gasteiger partial charge in [0.1, 0.15) is 17.3 Å². The van der Waals surface area contributed by atoms with Gasteiger partial charge in [0.15, 0.2) is 0 Å². The van der Waals surface area contributed by atoms with Gasteiger partial charge in [-0.2, -0.15) is 0 Å². The Balaban J connectivity index is 1.87. The smallest absolute Gasteiger partial charge is 0.272 e. The molecule has 1 aromatic heterocycles. The second-order valence-electron chi connectivity index (χ2n) is 7.25. The number of carbonyl (C=O) groups is 1. The Labute approximate surface area is 159 Å². The zero-order valence-corrected chi connectivity index (χ0v) is 16.5. The molecule has 1 N–H and O–H groups in total. The molecule has 1 unspecified atom stereocenters. The number of halogens is 1. The van der Waals surface area contributed by atoms with E-state index in [0.717, 1.165) is 36.3 Å². The monoisotopic (exact) mass is 372 g/mol. The van der Waals surface area contributed by atoms with Crippen LogP contribution in [-0.2, 0) is 0 Å². The Kier molecular flexibility index (Phi) is 5.47. The Hall–Kier alpha value is -2.14. The Morgan fingerprint density at radius 2 is 2.00 bits per heavy atom. The summed E-state index contributed by atoms with van der Waals surface area (Å²) in [4.78, 5) is 23.5. The fourth-order valence-corrected chi connectivity index (χ4v) is 3.85. The summed E-state index contributed by atoms with van der Waals surface area (Å²) in [5.74, 6) is 1.64. The lowest BCUT2D eigenvalue weighted by Gasteiger charge is -2.30. The van der Waals surface area contributed by atoms with Gasteiger partial charge in [0.2, 0.25) is 0 Å². The van der Waals surface area contributed by atoms with Crippen molar-refractivity contribution in [2.45, 2.75) is 40.5 Å². The van der Waals surface area contributed by atoms with Crippen molar-refractivity contribution in [3.05, 3.63) is 45.9 Å². The van der Waals surface area contributed by atoms with Crippen LogP contribution >= 0.6 is 11.6 Å². The van der Waals surface area contributed by atoms with Crippen LogP contribution in [0.2, 0.25) is 5.02 Å². The van der Waals surface area contributed by atoms with Crippen LogP contribution in [0, 0.1) is 26.7 Å². The summed E-state index contributed by atoms with van der Waals surface area (Å²) in [5, 5.41) is 3.90. The van der Waals surface area contributed by atoms with Crippen LogP contribution in [0.25, 0.3) is 0 Å². The second-order valence-corrected chi connectivity index (χ2v) is 7.66. The first-order valence-electron chi connectivity index (χ1n) is 9.02. The highest BCUT2D eigenvalue weighted by Gasteiger charge is 2.23. The van der Waals surface area contributed by atoms with E-state index in [-0.39, 0.29) is 5.91 Å². The average Bonchev–Trinajstić information content (AvgIpc) is 2.57. The lowest BCUT2D eigenvalue weighted by molar-refractivity contribution is 0.0676. The molecule has 0 spiro atoms. The first kappa shape index (κ1) is 18.6. The van der Waals surface area contributed by atoms with Crippen LogP contribution in [-0.4, -0.2) is 33.9 Å². The number of amides is 1. The Morgan fingerprint density at radius 1 is 1.23 bits per heavy atom. The van der Waals surface area contributed by atoms with Gasteiger partial charge >= 0.3 is 0 Å². The summed E-state index contributed by atoms with van der Waals surface area (Å²) < 4.78 is 0. The summed E-state index contributed by atoms with van der Waals surface area (Å²) in [6.07, 6.45) is 2.21. The molecule has 2 heterocycles. The number of hydrogen-bond acceptors (Lipinski definition) is 4. The van der Waals surface area contributed by atoms with Gasteiger partial charge in [-0.05, 0) is 56.7 Å². The number of benzene rings is 1. The van der Waals surface area contributed by atoms with Crippen LogP contribution in [0.4, 0.5) is 11.5 Å². The van der Waals surface area contributed by atoms with E-state index in [9.17, 15) is 4.79 Å². The van der Waals surface area contributed by atoms with E-state index in [2.05, 4.69) is 28.3 Å². The minimum absolute atomic E-state index is 0.0307. The SMILES string of the molecule is Cc1cc(C)c(Nc2cc(C(=O)N3CCCC(C)C3)nc(C)n2)c(Cl)c1. The zero-order chi connectivity index (χ0) is 18.8. The number of nitrogens with one attached hydrogen (secondary N) is 1. The van der Waals surface area contributed by atoms with Crippen LogP contribution in [0.5, 0.6) is 0 Å². The van der Waals surface area contributed by atoms with Gasteiger partial charge < -0.3 is 10.2 Å². The highest BCUT2D eigenvalue weighted by molar-refractivity contribution is 6.33. The molecule has 3 rings (SSSR count). The van der Waals surface area contributed by atoms with Crippen molar-refractivity contribution in [2.24, 2.45) is 5.92 Å². The number of carbonyl (C=O) groups excluding carboxylic acids is 1. The minimum atomic E-state index is -0.0307. The summed E-state index contributed by atoms with van der Waals surface area (Å²) in [6.45, 7) is 9.56. The molecule has 1 aliphatic rings. The number of likely N-dealkylation sites (tertiary alicyclic amines) is 1. The van der Waals surface area contributed by atoms with E-state index in [4.69, 9.17) is 11.6 Å². The first-order chi connectivity index (χ1) is 12.3. The minimum Gasteiger partial charge on any atom is -0.339 e. The number of hydrogen-bond donors (Lipinski definition) is 1. The van der Waals surface area contributed by atoms with E-state index >= 15 is 0 Å². The number of aromatic nitrogens is 2. The molecule has 138 valence electrons. The summed E-state index contributed by atoms with van der Waals surface area (Å²) in [5.41, 5.74) is 3.37. The normalized spacial score (nSPS) is 17.3.